The molecule has 21 heavy (non-hydrogen) atoms. The average Bonchev–Trinajstić information content (AvgIpc) is 2.42. The van der Waals surface area contributed by atoms with Gasteiger partial charge in [-0.3, -0.25) is 0 Å². The Morgan fingerprint density at radius 1 is 1.10 bits per heavy atom. The minimum absolute atomic E-state index is 0.353. The molecular weight excluding hydrogens is 312 g/mol. The Morgan fingerprint density at radius 2 is 1.81 bits per heavy atom. The van der Waals surface area contributed by atoms with Gasteiger partial charge in [0.05, 0.1) is 5.02 Å². The monoisotopic (exact) mass is 327 g/mol. The standard InChI is InChI=1S/C16H16ClF2NS/c1-10(2)20-9-11-3-5-15(13(17)7-11)21-16-6-4-12(18)8-14(16)19/h3-8,10,20H,9H2,1-2H3. The van der Waals surface area contributed by atoms with Gasteiger partial charge in [-0.05, 0) is 29.8 Å². The third kappa shape index (κ3) is 4.70. The van der Waals surface area contributed by atoms with Crippen LogP contribution in [0, 0.1) is 11.6 Å². The van der Waals surface area contributed by atoms with Crippen molar-refractivity contribution in [2.75, 3.05) is 0 Å². The van der Waals surface area contributed by atoms with Gasteiger partial charge in [0.15, 0.2) is 0 Å². The molecule has 5 heteroatoms. The molecule has 1 nitrogen and oxygen atoms in total. The first-order chi connectivity index (χ1) is 9.95. The molecule has 1 N–H and O–H groups in total. The topological polar surface area (TPSA) is 12.0 Å². The van der Waals surface area contributed by atoms with Gasteiger partial charge in [0.1, 0.15) is 11.6 Å². The number of nitrogens with one attached hydrogen (secondary N) is 1. The second-order valence-corrected chi connectivity index (χ2v) is 6.47. The third-order valence-corrected chi connectivity index (χ3v) is 4.38. The Labute approximate surface area is 132 Å². The van der Waals surface area contributed by atoms with Crippen LogP contribution in [0.15, 0.2) is 46.2 Å². The van der Waals surface area contributed by atoms with E-state index in [0.29, 0.717) is 16.0 Å². The molecule has 0 aliphatic carbocycles. The molecule has 0 bridgehead atoms. The molecule has 2 rings (SSSR count). The number of hydrogen-bond donors (Lipinski definition) is 1. The maximum absolute atomic E-state index is 13.6. The molecule has 0 fully saturated rings. The van der Waals surface area contributed by atoms with Gasteiger partial charge < -0.3 is 5.32 Å². The molecule has 2 aromatic rings. The maximum atomic E-state index is 13.6. The zero-order chi connectivity index (χ0) is 15.4. The molecule has 0 heterocycles. The fraction of sp³-hybridized carbons (Fsp3) is 0.250. The summed E-state index contributed by atoms with van der Waals surface area (Å²) in [7, 11) is 0. The van der Waals surface area contributed by atoms with Crippen LogP contribution in [-0.2, 0) is 6.54 Å². The Hall–Kier alpha value is -1.10. The van der Waals surface area contributed by atoms with Gasteiger partial charge in [0.2, 0.25) is 0 Å². The second-order valence-electron chi connectivity index (χ2n) is 4.98. The van der Waals surface area contributed by atoms with Crippen molar-refractivity contribution in [1.82, 2.24) is 5.32 Å². The van der Waals surface area contributed by atoms with Crippen molar-refractivity contribution in [3.8, 4) is 0 Å². The van der Waals surface area contributed by atoms with Crippen molar-refractivity contribution in [3.63, 3.8) is 0 Å². The van der Waals surface area contributed by atoms with E-state index >= 15 is 0 Å². The lowest BCUT2D eigenvalue weighted by molar-refractivity contribution is 0.565. The van der Waals surface area contributed by atoms with E-state index in [-0.39, 0.29) is 0 Å². The predicted octanol–water partition coefficient (Wildman–Crippen LogP) is 5.27. The lowest BCUT2D eigenvalue weighted by atomic mass is 10.2. The molecule has 0 saturated carbocycles. The third-order valence-electron chi connectivity index (χ3n) is 2.82. The minimum atomic E-state index is -0.585. The van der Waals surface area contributed by atoms with Crippen LogP contribution in [0.25, 0.3) is 0 Å². The van der Waals surface area contributed by atoms with E-state index in [1.807, 2.05) is 18.2 Å². The average molecular weight is 328 g/mol. The smallest absolute Gasteiger partial charge is 0.140 e. The second kappa shape index (κ2) is 7.25. The highest BCUT2D eigenvalue weighted by atomic mass is 35.5. The van der Waals surface area contributed by atoms with Crippen LogP contribution >= 0.6 is 23.4 Å². The van der Waals surface area contributed by atoms with Gasteiger partial charge >= 0.3 is 0 Å². The molecule has 0 unspecified atom stereocenters. The summed E-state index contributed by atoms with van der Waals surface area (Å²) in [6.07, 6.45) is 0. The van der Waals surface area contributed by atoms with Gasteiger partial charge in [-0.1, -0.05) is 43.3 Å². The molecule has 0 spiro atoms. The summed E-state index contributed by atoms with van der Waals surface area (Å²) < 4.78 is 26.5. The molecule has 0 atom stereocenters. The molecule has 112 valence electrons. The van der Waals surface area contributed by atoms with Gasteiger partial charge in [0, 0.05) is 28.4 Å². The molecule has 0 saturated heterocycles. The summed E-state index contributed by atoms with van der Waals surface area (Å²) in [4.78, 5) is 1.10. The summed E-state index contributed by atoms with van der Waals surface area (Å²) >= 11 is 7.42. The molecule has 0 aliphatic heterocycles. The van der Waals surface area contributed by atoms with Crippen LogP contribution in [0.1, 0.15) is 19.4 Å². The Balaban J connectivity index is 2.13. The quantitative estimate of drug-likeness (QED) is 0.803. The normalized spacial score (nSPS) is 11.1. The van der Waals surface area contributed by atoms with Crippen LogP contribution in [0.2, 0.25) is 5.02 Å². The van der Waals surface area contributed by atoms with Crippen molar-refractivity contribution in [2.24, 2.45) is 0 Å². The van der Waals surface area contributed by atoms with Crippen LogP contribution in [0.5, 0.6) is 0 Å². The number of hydrogen-bond acceptors (Lipinski definition) is 2. The number of halogens is 3. The Bertz CT molecular complexity index is 632. The largest absolute Gasteiger partial charge is 0.310 e. The Morgan fingerprint density at radius 3 is 2.43 bits per heavy atom. The zero-order valence-electron chi connectivity index (χ0n) is 11.8. The molecule has 0 amide bonds. The van der Waals surface area contributed by atoms with Crippen molar-refractivity contribution < 1.29 is 8.78 Å². The van der Waals surface area contributed by atoms with Crippen LogP contribution in [0.4, 0.5) is 8.78 Å². The maximum Gasteiger partial charge on any atom is 0.140 e. The van der Waals surface area contributed by atoms with Crippen LogP contribution in [-0.4, -0.2) is 6.04 Å². The van der Waals surface area contributed by atoms with Gasteiger partial charge in [-0.15, -0.1) is 0 Å². The Kier molecular flexibility index (Phi) is 5.62. The lowest BCUT2D eigenvalue weighted by Crippen LogP contribution is -2.21. The van der Waals surface area contributed by atoms with Gasteiger partial charge in [-0.25, -0.2) is 8.78 Å². The highest BCUT2D eigenvalue weighted by molar-refractivity contribution is 7.99. The fourth-order valence-electron chi connectivity index (χ4n) is 1.74. The van der Waals surface area contributed by atoms with E-state index in [1.54, 1.807) is 0 Å². The van der Waals surface area contributed by atoms with Crippen molar-refractivity contribution >= 4 is 23.4 Å². The highest BCUT2D eigenvalue weighted by Gasteiger charge is 2.09. The number of rotatable bonds is 5. The van der Waals surface area contributed by atoms with E-state index in [0.717, 1.165) is 23.1 Å². The van der Waals surface area contributed by atoms with Crippen LogP contribution < -0.4 is 5.32 Å². The summed E-state index contributed by atoms with van der Waals surface area (Å²) in [5.74, 6) is -1.17. The first-order valence-electron chi connectivity index (χ1n) is 6.60. The summed E-state index contributed by atoms with van der Waals surface area (Å²) in [5, 5.41) is 3.87. The summed E-state index contributed by atoms with van der Waals surface area (Å²) in [6.45, 7) is 4.87. The number of benzene rings is 2. The van der Waals surface area contributed by atoms with E-state index in [1.165, 1.54) is 23.9 Å². The first kappa shape index (κ1) is 16.3. The SMILES string of the molecule is CC(C)NCc1ccc(Sc2ccc(F)cc2F)c(Cl)c1. The van der Waals surface area contributed by atoms with E-state index in [4.69, 9.17) is 11.6 Å². The van der Waals surface area contributed by atoms with Gasteiger partial charge in [-0.2, -0.15) is 0 Å². The van der Waals surface area contributed by atoms with Crippen molar-refractivity contribution in [3.05, 3.63) is 58.6 Å². The molecule has 0 radical (unpaired) electrons. The molecule has 2 aromatic carbocycles. The predicted molar refractivity (Wildman–Crippen MR) is 83.9 cm³/mol. The summed E-state index contributed by atoms with van der Waals surface area (Å²) in [6, 6.07) is 9.59. The zero-order valence-corrected chi connectivity index (χ0v) is 13.4. The molecular formula is C16H16ClF2NS. The van der Waals surface area contributed by atoms with Crippen LogP contribution in [0.3, 0.4) is 0 Å². The molecule has 0 aliphatic rings. The van der Waals surface area contributed by atoms with Gasteiger partial charge in [0.25, 0.3) is 0 Å². The lowest BCUT2D eigenvalue weighted by Gasteiger charge is -2.10. The highest BCUT2D eigenvalue weighted by Crippen LogP contribution is 2.35. The van der Waals surface area contributed by atoms with Crippen molar-refractivity contribution in [1.29, 1.82) is 0 Å². The first-order valence-corrected chi connectivity index (χ1v) is 7.80. The van der Waals surface area contributed by atoms with E-state index in [9.17, 15) is 8.78 Å². The minimum Gasteiger partial charge on any atom is -0.310 e. The summed E-state index contributed by atoms with van der Waals surface area (Å²) in [5.41, 5.74) is 1.07. The fourth-order valence-corrected chi connectivity index (χ4v) is 2.88. The van der Waals surface area contributed by atoms with E-state index in [2.05, 4.69) is 19.2 Å². The van der Waals surface area contributed by atoms with Crippen molar-refractivity contribution in [2.45, 2.75) is 36.2 Å². The van der Waals surface area contributed by atoms with E-state index < -0.39 is 11.6 Å². The molecule has 0 aromatic heterocycles.